The number of hydrogen-bond acceptors (Lipinski definition) is 7. The molecule has 0 saturated heterocycles. The van der Waals surface area contributed by atoms with Gasteiger partial charge in [0.2, 0.25) is 11.5 Å². The zero-order chi connectivity index (χ0) is 18.5. The number of ketones is 2. The first-order valence-corrected chi connectivity index (χ1v) is 8.16. The van der Waals surface area contributed by atoms with Crippen molar-refractivity contribution < 1.29 is 28.5 Å². The SMILES string of the molecule is COc1cc(C(=O)CCC(=O)c2cccnc2)c(OC)c2c1OCCO2. The number of ether oxygens (including phenoxy) is 4. The molecule has 0 N–H and O–H groups in total. The molecule has 1 aromatic heterocycles. The molecule has 136 valence electrons. The monoisotopic (exact) mass is 357 g/mol. The molecule has 2 heterocycles. The van der Waals surface area contributed by atoms with Crippen molar-refractivity contribution in [2.75, 3.05) is 27.4 Å². The van der Waals surface area contributed by atoms with E-state index in [0.717, 1.165) is 0 Å². The van der Waals surface area contributed by atoms with Crippen molar-refractivity contribution in [1.82, 2.24) is 4.98 Å². The fraction of sp³-hybridized carbons (Fsp3) is 0.316. The maximum atomic E-state index is 12.7. The highest BCUT2D eigenvalue weighted by Crippen LogP contribution is 2.48. The van der Waals surface area contributed by atoms with Crippen molar-refractivity contribution in [3.05, 3.63) is 41.7 Å². The van der Waals surface area contributed by atoms with E-state index in [4.69, 9.17) is 18.9 Å². The maximum absolute atomic E-state index is 12.7. The minimum Gasteiger partial charge on any atom is -0.493 e. The summed E-state index contributed by atoms with van der Waals surface area (Å²) in [5, 5.41) is 0. The number of carbonyl (C=O) groups is 2. The van der Waals surface area contributed by atoms with E-state index in [0.29, 0.717) is 47.3 Å². The molecule has 0 amide bonds. The van der Waals surface area contributed by atoms with Gasteiger partial charge in [0.15, 0.2) is 23.1 Å². The van der Waals surface area contributed by atoms with Gasteiger partial charge in [0.05, 0.1) is 19.8 Å². The quantitative estimate of drug-likeness (QED) is 0.705. The molecule has 3 rings (SSSR count). The number of benzene rings is 1. The van der Waals surface area contributed by atoms with Crippen LogP contribution in [0.5, 0.6) is 23.0 Å². The van der Waals surface area contributed by atoms with E-state index in [9.17, 15) is 9.59 Å². The lowest BCUT2D eigenvalue weighted by Gasteiger charge is -2.24. The van der Waals surface area contributed by atoms with Crippen LogP contribution >= 0.6 is 0 Å². The summed E-state index contributed by atoms with van der Waals surface area (Å²) >= 11 is 0. The van der Waals surface area contributed by atoms with Crippen LogP contribution in [0.1, 0.15) is 33.6 Å². The topological polar surface area (TPSA) is 84.0 Å². The smallest absolute Gasteiger partial charge is 0.208 e. The molecule has 7 heteroatoms. The van der Waals surface area contributed by atoms with Gasteiger partial charge in [0, 0.05) is 30.8 Å². The van der Waals surface area contributed by atoms with Crippen LogP contribution in [-0.2, 0) is 0 Å². The molecule has 1 aliphatic rings. The van der Waals surface area contributed by atoms with Gasteiger partial charge in [-0.05, 0) is 18.2 Å². The Morgan fingerprint density at radius 1 is 1.08 bits per heavy atom. The molecule has 0 unspecified atom stereocenters. The third-order valence-corrected chi connectivity index (χ3v) is 4.02. The molecule has 0 radical (unpaired) electrons. The van der Waals surface area contributed by atoms with Crippen molar-refractivity contribution in [2.45, 2.75) is 12.8 Å². The molecule has 1 aromatic carbocycles. The summed E-state index contributed by atoms with van der Waals surface area (Å²) < 4.78 is 21.9. The van der Waals surface area contributed by atoms with Gasteiger partial charge in [-0.3, -0.25) is 14.6 Å². The number of hydrogen-bond donors (Lipinski definition) is 0. The van der Waals surface area contributed by atoms with Gasteiger partial charge >= 0.3 is 0 Å². The van der Waals surface area contributed by atoms with Crippen LogP contribution in [0.2, 0.25) is 0 Å². The van der Waals surface area contributed by atoms with Crippen LogP contribution < -0.4 is 18.9 Å². The van der Waals surface area contributed by atoms with Crippen LogP contribution in [0.4, 0.5) is 0 Å². The number of pyridine rings is 1. The number of rotatable bonds is 7. The maximum Gasteiger partial charge on any atom is 0.208 e. The molecule has 26 heavy (non-hydrogen) atoms. The number of fused-ring (bicyclic) bond motifs is 1. The molecule has 0 bridgehead atoms. The number of carbonyl (C=O) groups excluding carboxylic acids is 2. The van der Waals surface area contributed by atoms with Gasteiger partial charge in [0.25, 0.3) is 0 Å². The number of aromatic nitrogens is 1. The van der Waals surface area contributed by atoms with E-state index in [2.05, 4.69) is 4.98 Å². The average molecular weight is 357 g/mol. The van der Waals surface area contributed by atoms with Gasteiger partial charge in [-0.15, -0.1) is 0 Å². The van der Waals surface area contributed by atoms with E-state index >= 15 is 0 Å². The molecule has 1 aliphatic heterocycles. The van der Waals surface area contributed by atoms with Crippen LogP contribution in [0.15, 0.2) is 30.6 Å². The summed E-state index contributed by atoms with van der Waals surface area (Å²) in [6.45, 7) is 0.739. The average Bonchev–Trinajstić information content (AvgIpc) is 2.71. The third kappa shape index (κ3) is 3.46. The van der Waals surface area contributed by atoms with Crippen molar-refractivity contribution in [3.8, 4) is 23.0 Å². The first kappa shape index (κ1) is 17.7. The number of nitrogens with zero attached hydrogens (tertiary/aromatic N) is 1. The Balaban J connectivity index is 1.83. The fourth-order valence-corrected chi connectivity index (χ4v) is 2.75. The van der Waals surface area contributed by atoms with Gasteiger partial charge in [-0.25, -0.2) is 0 Å². The van der Waals surface area contributed by atoms with Crippen LogP contribution in [-0.4, -0.2) is 44.0 Å². The number of methoxy groups -OCH3 is 2. The molecule has 0 saturated carbocycles. The van der Waals surface area contributed by atoms with E-state index in [1.165, 1.54) is 20.4 Å². The lowest BCUT2D eigenvalue weighted by atomic mass is 10.0. The second kappa shape index (κ2) is 7.86. The van der Waals surface area contributed by atoms with Crippen molar-refractivity contribution in [2.24, 2.45) is 0 Å². The standard InChI is InChI=1S/C19H19NO6/c1-23-16-10-13(17(24-2)19-18(16)25-8-9-26-19)15(22)6-5-14(21)12-4-3-7-20-11-12/h3-4,7,10-11H,5-6,8-9H2,1-2H3. The van der Waals surface area contributed by atoms with Crippen LogP contribution in [0, 0.1) is 0 Å². The molecule has 0 atom stereocenters. The third-order valence-electron chi connectivity index (χ3n) is 4.02. The van der Waals surface area contributed by atoms with Crippen molar-refractivity contribution >= 4 is 11.6 Å². The summed E-state index contributed by atoms with van der Waals surface area (Å²) in [5.74, 6) is 1.06. The van der Waals surface area contributed by atoms with Crippen LogP contribution in [0.25, 0.3) is 0 Å². The second-order valence-corrected chi connectivity index (χ2v) is 5.60. The van der Waals surface area contributed by atoms with Gasteiger partial charge < -0.3 is 18.9 Å². The fourth-order valence-electron chi connectivity index (χ4n) is 2.75. The summed E-state index contributed by atoms with van der Waals surface area (Å²) in [7, 11) is 2.94. The highest BCUT2D eigenvalue weighted by atomic mass is 16.6. The van der Waals surface area contributed by atoms with Gasteiger partial charge in [0.1, 0.15) is 13.2 Å². The minimum absolute atomic E-state index is 0.0346. The zero-order valence-electron chi connectivity index (χ0n) is 14.6. The summed E-state index contributed by atoms with van der Waals surface area (Å²) in [4.78, 5) is 28.8. The first-order chi connectivity index (χ1) is 12.7. The largest absolute Gasteiger partial charge is 0.493 e. The van der Waals surface area contributed by atoms with Gasteiger partial charge in [-0.1, -0.05) is 0 Å². The lowest BCUT2D eigenvalue weighted by Crippen LogP contribution is -2.18. The predicted molar refractivity (Wildman–Crippen MR) is 92.7 cm³/mol. The Labute approximate surface area is 150 Å². The highest BCUT2D eigenvalue weighted by molar-refractivity contribution is 6.04. The summed E-state index contributed by atoms with van der Waals surface area (Å²) in [6.07, 6.45) is 3.19. The van der Waals surface area contributed by atoms with Crippen LogP contribution in [0.3, 0.4) is 0 Å². The van der Waals surface area contributed by atoms with E-state index < -0.39 is 0 Å². The van der Waals surface area contributed by atoms with Crippen molar-refractivity contribution in [1.29, 1.82) is 0 Å². The molecule has 0 spiro atoms. The Morgan fingerprint density at radius 3 is 2.46 bits per heavy atom. The Bertz CT molecular complexity index is 819. The molecule has 7 nitrogen and oxygen atoms in total. The minimum atomic E-state index is -0.241. The lowest BCUT2D eigenvalue weighted by molar-refractivity contribution is 0.0914. The Kier molecular flexibility index (Phi) is 5.36. The highest BCUT2D eigenvalue weighted by Gasteiger charge is 2.28. The zero-order valence-corrected chi connectivity index (χ0v) is 14.6. The predicted octanol–water partition coefficient (Wildman–Crippen LogP) is 2.72. The van der Waals surface area contributed by atoms with E-state index in [1.807, 2.05) is 0 Å². The number of Topliss-reactive ketones (excluding diaryl/α,β-unsaturated/α-hetero) is 2. The second-order valence-electron chi connectivity index (χ2n) is 5.60. The molecule has 0 fully saturated rings. The van der Waals surface area contributed by atoms with E-state index in [-0.39, 0.29) is 24.4 Å². The molecule has 0 aliphatic carbocycles. The molecular formula is C19H19NO6. The molecular weight excluding hydrogens is 338 g/mol. The summed E-state index contributed by atoms with van der Waals surface area (Å²) in [5.41, 5.74) is 0.777. The molecule has 2 aromatic rings. The summed E-state index contributed by atoms with van der Waals surface area (Å²) in [6, 6.07) is 4.92. The Hall–Kier alpha value is -3.09. The van der Waals surface area contributed by atoms with Gasteiger partial charge in [-0.2, -0.15) is 0 Å². The Morgan fingerprint density at radius 2 is 1.81 bits per heavy atom. The first-order valence-electron chi connectivity index (χ1n) is 8.16. The normalized spacial score (nSPS) is 12.4. The van der Waals surface area contributed by atoms with E-state index in [1.54, 1.807) is 24.4 Å². The van der Waals surface area contributed by atoms with Crippen molar-refractivity contribution in [3.63, 3.8) is 0 Å².